The Morgan fingerprint density at radius 3 is 2.55 bits per heavy atom. The van der Waals surface area contributed by atoms with Crippen molar-refractivity contribution < 1.29 is 14.3 Å². The fourth-order valence-electron chi connectivity index (χ4n) is 2.42. The molecule has 0 spiro atoms. The number of methoxy groups -OCH3 is 1. The Morgan fingerprint density at radius 2 is 2.00 bits per heavy atom. The van der Waals surface area contributed by atoms with E-state index in [4.69, 9.17) is 4.74 Å². The molecule has 2 rings (SSSR count). The molecule has 120 valence electrons. The molecule has 1 aromatic carbocycles. The van der Waals surface area contributed by atoms with Crippen LogP contribution < -0.4 is 15.0 Å². The first-order valence-corrected chi connectivity index (χ1v) is 7.62. The predicted octanol–water partition coefficient (Wildman–Crippen LogP) is 2.35. The summed E-state index contributed by atoms with van der Waals surface area (Å²) >= 11 is 0. The molecule has 1 atom stereocenters. The first-order chi connectivity index (χ1) is 10.4. The molecule has 1 aromatic rings. The average molecular weight is 304 g/mol. The number of nitrogens with zero attached hydrogens (tertiary/aromatic N) is 1. The van der Waals surface area contributed by atoms with Gasteiger partial charge in [-0.2, -0.15) is 0 Å². The number of carbonyl (C=O) groups is 2. The molecule has 22 heavy (non-hydrogen) atoms. The molecule has 2 amide bonds. The van der Waals surface area contributed by atoms with Gasteiger partial charge in [-0.25, -0.2) is 0 Å². The minimum atomic E-state index is -0.291. The largest absolute Gasteiger partial charge is 0.497 e. The molecular weight excluding hydrogens is 280 g/mol. The van der Waals surface area contributed by atoms with Crippen LogP contribution in [0.3, 0.4) is 0 Å². The molecule has 0 bridgehead atoms. The summed E-state index contributed by atoms with van der Waals surface area (Å²) in [7, 11) is 1.60. The van der Waals surface area contributed by atoms with Gasteiger partial charge < -0.3 is 15.0 Å². The van der Waals surface area contributed by atoms with Crippen molar-refractivity contribution in [3.8, 4) is 5.75 Å². The van der Waals surface area contributed by atoms with E-state index in [0.717, 1.165) is 17.9 Å². The molecule has 1 aliphatic heterocycles. The molecule has 1 heterocycles. The van der Waals surface area contributed by atoms with Gasteiger partial charge in [-0.1, -0.05) is 6.92 Å². The van der Waals surface area contributed by atoms with Gasteiger partial charge in [0.15, 0.2) is 0 Å². The maximum absolute atomic E-state index is 12.3. The molecule has 0 aliphatic carbocycles. The lowest BCUT2D eigenvalue weighted by molar-refractivity contribution is -0.127. The Balaban J connectivity index is 2.05. The minimum Gasteiger partial charge on any atom is -0.497 e. The summed E-state index contributed by atoms with van der Waals surface area (Å²) in [6.07, 6.45) is 1.11. The zero-order valence-corrected chi connectivity index (χ0v) is 13.7. The zero-order chi connectivity index (χ0) is 16.3. The summed E-state index contributed by atoms with van der Waals surface area (Å²) in [4.78, 5) is 26.2. The summed E-state index contributed by atoms with van der Waals surface area (Å²) in [6, 6.07) is 7.31. The molecule has 1 N–H and O–H groups in total. The van der Waals surface area contributed by atoms with Crippen LogP contribution in [0, 0.1) is 5.92 Å². The molecule has 1 unspecified atom stereocenters. The maximum atomic E-state index is 12.3. The second-order valence-electron chi connectivity index (χ2n) is 6.33. The van der Waals surface area contributed by atoms with E-state index in [2.05, 4.69) is 5.32 Å². The highest BCUT2D eigenvalue weighted by atomic mass is 16.5. The molecule has 1 saturated heterocycles. The van der Waals surface area contributed by atoms with Crippen molar-refractivity contribution in [2.75, 3.05) is 18.6 Å². The SMILES string of the molecule is CCC(C)(C)NC(=O)C1CC(=O)N(c2ccc(OC)cc2)C1. The highest BCUT2D eigenvalue weighted by Crippen LogP contribution is 2.27. The lowest BCUT2D eigenvalue weighted by atomic mass is 9.99. The van der Waals surface area contributed by atoms with Crippen LogP contribution in [0.4, 0.5) is 5.69 Å². The number of hydrogen-bond acceptors (Lipinski definition) is 3. The first-order valence-electron chi connectivity index (χ1n) is 7.62. The molecule has 0 aromatic heterocycles. The minimum absolute atomic E-state index is 0.0142. The van der Waals surface area contributed by atoms with Crippen LogP contribution in [0.25, 0.3) is 0 Å². The van der Waals surface area contributed by atoms with E-state index in [-0.39, 0.29) is 29.7 Å². The van der Waals surface area contributed by atoms with Crippen LogP contribution >= 0.6 is 0 Å². The van der Waals surface area contributed by atoms with Crippen molar-refractivity contribution in [3.63, 3.8) is 0 Å². The molecular formula is C17H24N2O3. The first kappa shape index (κ1) is 16.3. The third kappa shape index (κ3) is 3.59. The van der Waals surface area contributed by atoms with Gasteiger partial charge in [0.25, 0.3) is 0 Å². The van der Waals surface area contributed by atoms with Crippen molar-refractivity contribution in [2.24, 2.45) is 5.92 Å². The molecule has 0 radical (unpaired) electrons. The van der Waals surface area contributed by atoms with Crippen LogP contribution in [0.15, 0.2) is 24.3 Å². The number of anilines is 1. The predicted molar refractivity (Wildman–Crippen MR) is 86.0 cm³/mol. The van der Waals surface area contributed by atoms with E-state index < -0.39 is 0 Å². The topological polar surface area (TPSA) is 58.6 Å². The third-order valence-corrected chi connectivity index (χ3v) is 4.23. The van der Waals surface area contributed by atoms with Crippen molar-refractivity contribution in [1.82, 2.24) is 5.32 Å². The monoisotopic (exact) mass is 304 g/mol. The van der Waals surface area contributed by atoms with Crippen LogP contribution in [0.5, 0.6) is 5.75 Å². The average Bonchev–Trinajstić information content (AvgIpc) is 2.89. The summed E-state index contributed by atoms with van der Waals surface area (Å²) < 4.78 is 5.12. The highest BCUT2D eigenvalue weighted by Gasteiger charge is 2.36. The second kappa shape index (κ2) is 6.38. The van der Waals surface area contributed by atoms with Crippen LogP contribution in [0.2, 0.25) is 0 Å². The van der Waals surface area contributed by atoms with Gasteiger partial charge >= 0.3 is 0 Å². The van der Waals surface area contributed by atoms with E-state index in [1.807, 2.05) is 45.0 Å². The Morgan fingerprint density at radius 1 is 1.36 bits per heavy atom. The van der Waals surface area contributed by atoms with E-state index in [9.17, 15) is 9.59 Å². The number of hydrogen-bond donors (Lipinski definition) is 1. The fraction of sp³-hybridized carbons (Fsp3) is 0.529. The van der Waals surface area contributed by atoms with Gasteiger partial charge in [-0.15, -0.1) is 0 Å². The lowest BCUT2D eigenvalue weighted by Gasteiger charge is -2.26. The van der Waals surface area contributed by atoms with E-state index in [1.54, 1.807) is 12.0 Å². The standard InChI is InChI=1S/C17H24N2O3/c1-5-17(2,3)18-16(21)12-10-15(20)19(11-12)13-6-8-14(22-4)9-7-13/h6-9,12H,5,10-11H2,1-4H3,(H,18,21). The molecule has 1 fully saturated rings. The summed E-state index contributed by atoms with van der Waals surface area (Å²) in [5.74, 6) is 0.394. The lowest BCUT2D eigenvalue weighted by Crippen LogP contribution is -2.46. The van der Waals surface area contributed by atoms with Gasteiger partial charge in [0, 0.05) is 24.2 Å². The summed E-state index contributed by atoms with van der Waals surface area (Å²) in [5.41, 5.74) is 0.559. The number of rotatable bonds is 5. The zero-order valence-electron chi connectivity index (χ0n) is 13.7. The third-order valence-electron chi connectivity index (χ3n) is 4.23. The Bertz CT molecular complexity index is 552. The molecule has 1 aliphatic rings. The number of ether oxygens (including phenoxy) is 1. The van der Waals surface area contributed by atoms with Gasteiger partial charge in [-0.3, -0.25) is 9.59 Å². The molecule has 0 saturated carbocycles. The van der Waals surface area contributed by atoms with Crippen LogP contribution in [-0.4, -0.2) is 31.0 Å². The maximum Gasteiger partial charge on any atom is 0.227 e. The fourth-order valence-corrected chi connectivity index (χ4v) is 2.42. The van der Waals surface area contributed by atoms with E-state index in [0.29, 0.717) is 6.54 Å². The summed E-state index contributed by atoms with van der Waals surface area (Å²) in [5, 5.41) is 3.02. The normalized spacial score (nSPS) is 18.5. The number of nitrogens with one attached hydrogen (secondary N) is 1. The number of amides is 2. The smallest absolute Gasteiger partial charge is 0.227 e. The van der Waals surface area contributed by atoms with E-state index in [1.165, 1.54) is 0 Å². The van der Waals surface area contributed by atoms with Gasteiger partial charge in [0.05, 0.1) is 13.0 Å². The van der Waals surface area contributed by atoms with Gasteiger partial charge in [0.2, 0.25) is 11.8 Å². The number of carbonyl (C=O) groups excluding carboxylic acids is 2. The van der Waals surface area contributed by atoms with E-state index >= 15 is 0 Å². The van der Waals surface area contributed by atoms with Crippen molar-refractivity contribution in [3.05, 3.63) is 24.3 Å². The number of benzene rings is 1. The molecule has 5 heteroatoms. The van der Waals surface area contributed by atoms with Crippen LogP contribution in [-0.2, 0) is 9.59 Å². The van der Waals surface area contributed by atoms with Crippen molar-refractivity contribution >= 4 is 17.5 Å². The Labute approximate surface area is 131 Å². The Kier molecular flexibility index (Phi) is 4.74. The highest BCUT2D eigenvalue weighted by molar-refractivity contribution is 6.00. The quantitative estimate of drug-likeness (QED) is 0.908. The van der Waals surface area contributed by atoms with Crippen molar-refractivity contribution in [2.45, 2.75) is 39.2 Å². The second-order valence-corrected chi connectivity index (χ2v) is 6.33. The van der Waals surface area contributed by atoms with Gasteiger partial charge in [-0.05, 0) is 44.5 Å². The van der Waals surface area contributed by atoms with Crippen molar-refractivity contribution in [1.29, 1.82) is 0 Å². The summed E-state index contributed by atoms with van der Waals surface area (Å²) in [6.45, 7) is 6.44. The Hall–Kier alpha value is -2.04. The molecule has 5 nitrogen and oxygen atoms in total. The van der Waals surface area contributed by atoms with Gasteiger partial charge in [0.1, 0.15) is 5.75 Å². The van der Waals surface area contributed by atoms with Crippen LogP contribution in [0.1, 0.15) is 33.6 Å².